The van der Waals surface area contributed by atoms with Gasteiger partial charge in [0.25, 0.3) is 0 Å². The largest absolute Gasteiger partial charge is 0.385 e. The Morgan fingerprint density at radius 3 is 2.89 bits per heavy atom. The van der Waals surface area contributed by atoms with E-state index in [9.17, 15) is 5.11 Å². The van der Waals surface area contributed by atoms with Gasteiger partial charge in [0.15, 0.2) is 0 Å². The summed E-state index contributed by atoms with van der Waals surface area (Å²) in [7, 11) is 0. The molecule has 1 atom stereocenters. The van der Waals surface area contributed by atoms with Gasteiger partial charge < -0.3 is 20.3 Å². The van der Waals surface area contributed by atoms with Crippen LogP contribution in [0.2, 0.25) is 0 Å². The second kappa shape index (κ2) is 5.65. The summed E-state index contributed by atoms with van der Waals surface area (Å²) in [4.78, 5) is 4.02. The van der Waals surface area contributed by atoms with E-state index in [1.807, 2.05) is 6.92 Å². The third kappa shape index (κ3) is 2.48. The van der Waals surface area contributed by atoms with Crippen molar-refractivity contribution >= 4 is 5.82 Å². The molecule has 3 N–H and O–H groups in total. The molecule has 2 rings (SSSR count). The van der Waals surface area contributed by atoms with E-state index >= 15 is 0 Å². The summed E-state index contributed by atoms with van der Waals surface area (Å²) in [6, 6.07) is 3.57. The Bertz CT molecular complexity index is 386. The van der Waals surface area contributed by atoms with E-state index in [4.69, 9.17) is 15.2 Å². The first-order valence-corrected chi connectivity index (χ1v) is 6.30. The topological polar surface area (TPSA) is 77.6 Å². The highest BCUT2D eigenvalue weighted by Crippen LogP contribution is 2.39. The molecule has 18 heavy (non-hydrogen) atoms. The van der Waals surface area contributed by atoms with Crippen LogP contribution >= 0.6 is 0 Å². The summed E-state index contributed by atoms with van der Waals surface area (Å²) < 4.78 is 11.2. The fourth-order valence-corrected chi connectivity index (χ4v) is 2.45. The maximum absolute atomic E-state index is 10.6. The van der Waals surface area contributed by atoms with Gasteiger partial charge in [-0.1, -0.05) is 6.07 Å². The highest BCUT2D eigenvalue weighted by Gasteiger charge is 2.42. The van der Waals surface area contributed by atoms with Crippen molar-refractivity contribution in [3.05, 3.63) is 23.9 Å². The molecule has 0 aromatic carbocycles. The third-order valence-corrected chi connectivity index (χ3v) is 3.44. The van der Waals surface area contributed by atoms with Gasteiger partial charge in [0.1, 0.15) is 17.5 Å². The van der Waals surface area contributed by atoms with Crippen LogP contribution in [0.3, 0.4) is 0 Å². The van der Waals surface area contributed by atoms with Crippen molar-refractivity contribution in [1.29, 1.82) is 0 Å². The van der Waals surface area contributed by atoms with E-state index in [0.29, 0.717) is 44.0 Å². The second-order valence-corrected chi connectivity index (χ2v) is 4.49. The van der Waals surface area contributed by atoms with Crippen molar-refractivity contribution in [3.8, 4) is 0 Å². The number of aliphatic hydroxyl groups excluding tert-OH is 1. The third-order valence-electron chi connectivity index (χ3n) is 3.44. The van der Waals surface area contributed by atoms with Gasteiger partial charge in [0.2, 0.25) is 0 Å². The smallest absolute Gasteiger partial charge is 0.129 e. The Labute approximate surface area is 107 Å². The number of nitrogens with zero attached hydrogens (tertiary/aromatic N) is 1. The highest BCUT2D eigenvalue weighted by atomic mass is 16.5. The van der Waals surface area contributed by atoms with Crippen LogP contribution < -0.4 is 5.73 Å². The normalized spacial score (nSPS) is 20.6. The van der Waals surface area contributed by atoms with Crippen molar-refractivity contribution in [2.45, 2.75) is 31.5 Å². The standard InChI is InChI=1S/C13H20N2O3/c1-2-18-13(5-8-17-9-6-13)11(16)10-4-3-7-15-12(10)14/h3-4,7,11,16H,2,5-6,8-9H2,1H3,(H2,14,15). The van der Waals surface area contributed by atoms with Crippen LogP contribution in [0.25, 0.3) is 0 Å². The molecule has 2 heterocycles. The van der Waals surface area contributed by atoms with Crippen LogP contribution in [-0.4, -0.2) is 35.5 Å². The predicted molar refractivity (Wildman–Crippen MR) is 68.0 cm³/mol. The van der Waals surface area contributed by atoms with Crippen molar-refractivity contribution in [2.24, 2.45) is 0 Å². The molecule has 0 aliphatic carbocycles. The van der Waals surface area contributed by atoms with E-state index < -0.39 is 11.7 Å². The number of hydrogen-bond acceptors (Lipinski definition) is 5. The zero-order chi connectivity index (χ0) is 13.0. The average Bonchev–Trinajstić information content (AvgIpc) is 2.40. The van der Waals surface area contributed by atoms with E-state index in [1.165, 1.54) is 0 Å². The first-order valence-electron chi connectivity index (χ1n) is 6.30. The van der Waals surface area contributed by atoms with Gasteiger partial charge >= 0.3 is 0 Å². The molecule has 5 nitrogen and oxygen atoms in total. The minimum atomic E-state index is -0.768. The molecular weight excluding hydrogens is 232 g/mol. The van der Waals surface area contributed by atoms with Crippen molar-refractivity contribution < 1.29 is 14.6 Å². The molecule has 1 saturated heterocycles. The van der Waals surface area contributed by atoms with Crippen LogP contribution in [-0.2, 0) is 9.47 Å². The number of pyridine rings is 1. The Morgan fingerprint density at radius 2 is 2.28 bits per heavy atom. The monoisotopic (exact) mass is 252 g/mol. The van der Waals surface area contributed by atoms with Crippen molar-refractivity contribution in [3.63, 3.8) is 0 Å². The number of anilines is 1. The van der Waals surface area contributed by atoms with Gasteiger partial charge in [-0.15, -0.1) is 0 Å². The number of aromatic nitrogens is 1. The van der Waals surface area contributed by atoms with Crippen molar-refractivity contribution in [1.82, 2.24) is 4.98 Å². The lowest BCUT2D eigenvalue weighted by Crippen LogP contribution is -2.45. The minimum absolute atomic E-state index is 0.357. The molecule has 1 aromatic rings. The van der Waals surface area contributed by atoms with E-state index in [1.54, 1.807) is 18.3 Å². The lowest BCUT2D eigenvalue weighted by Gasteiger charge is -2.40. The average molecular weight is 252 g/mol. The molecule has 1 aromatic heterocycles. The molecule has 1 fully saturated rings. The summed E-state index contributed by atoms with van der Waals surface area (Å²) in [5.74, 6) is 0.357. The van der Waals surface area contributed by atoms with Crippen LogP contribution in [0.15, 0.2) is 18.3 Å². The minimum Gasteiger partial charge on any atom is -0.385 e. The molecular formula is C13H20N2O3. The molecule has 0 amide bonds. The number of rotatable bonds is 4. The quantitative estimate of drug-likeness (QED) is 0.844. The Balaban J connectivity index is 2.28. The first-order chi connectivity index (χ1) is 8.69. The Kier molecular flexibility index (Phi) is 4.16. The fraction of sp³-hybridized carbons (Fsp3) is 0.615. The van der Waals surface area contributed by atoms with Crippen LogP contribution in [0, 0.1) is 0 Å². The molecule has 0 radical (unpaired) electrons. The summed E-state index contributed by atoms with van der Waals surface area (Å²) in [6.07, 6.45) is 2.17. The Hall–Kier alpha value is -1.17. The predicted octanol–water partition coefficient (Wildman–Crippen LogP) is 1.28. The van der Waals surface area contributed by atoms with Gasteiger partial charge in [-0.2, -0.15) is 0 Å². The number of ether oxygens (including phenoxy) is 2. The van der Waals surface area contributed by atoms with Crippen LogP contribution in [0.5, 0.6) is 0 Å². The summed E-state index contributed by atoms with van der Waals surface area (Å²) in [5, 5.41) is 10.6. The highest BCUT2D eigenvalue weighted by molar-refractivity contribution is 5.41. The SMILES string of the molecule is CCOC1(C(O)c2cccnc2N)CCOCC1. The second-order valence-electron chi connectivity index (χ2n) is 4.49. The van der Waals surface area contributed by atoms with Crippen LogP contribution in [0.4, 0.5) is 5.82 Å². The molecule has 1 aliphatic rings. The molecule has 1 unspecified atom stereocenters. The Morgan fingerprint density at radius 1 is 1.56 bits per heavy atom. The lowest BCUT2D eigenvalue weighted by atomic mass is 9.84. The van der Waals surface area contributed by atoms with Gasteiger partial charge in [0.05, 0.1) is 0 Å². The first kappa shape index (κ1) is 13.3. The molecule has 5 heteroatoms. The van der Waals surface area contributed by atoms with Crippen molar-refractivity contribution in [2.75, 3.05) is 25.6 Å². The number of nitrogen functional groups attached to an aromatic ring is 1. The number of hydrogen-bond donors (Lipinski definition) is 2. The summed E-state index contributed by atoms with van der Waals surface area (Å²) in [5.41, 5.74) is 5.85. The van der Waals surface area contributed by atoms with Gasteiger partial charge in [0, 0.05) is 44.4 Å². The summed E-state index contributed by atoms with van der Waals surface area (Å²) in [6.45, 7) is 3.67. The summed E-state index contributed by atoms with van der Waals surface area (Å²) >= 11 is 0. The van der Waals surface area contributed by atoms with E-state index in [-0.39, 0.29) is 0 Å². The van der Waals surface area contributed by atoms with E-state index in [2.05, 4.69) is 4.98 Å². The molecule has 1 aliphatic heterocycles. The zero-order valence-electron chi connectivity index (χ0n) is 10.6. The maximum Gasteiger partial charge on any atom is 0.129 e. The van der Waals surface area contributed by atoms with E-state index in [0.717, 1.165) is 0 Å². The number of aliphatic hydroxyl groups is 1. The number of nitrogens with two attached hydrogens (primary N) is 1. The lowest BCUT2D eigenvalue weighted by molar-refractivity contribution is -0.167. The maximum atomic E-state index is 10.6. The molecule has 0 spiro atoms. The van der Waals surface area contributed by atoms with Gasteiger partial charge in [-0.25, -0.2) is 4.98 Å². The molecule has 0 bridgehead atoms. The zero-order valence-corrected chi connectivity index (χ0v) is 10.6. The molecule has 0 saturated carbocycles. The molecule has 100 valence electrons. The van der Waals surface area contributed by atoms with Crippen LogP contribution in [0.1, 0.15) is 31.4 Å². The van der Waals surface area contributed by atoms with Gasteiger partial charge in [-0.3, -0.25) is 0 Å². The van der Waals surface area contributed by atoms with Gasteiger partial charge in [-0.05, 0) is 13.0 Å². The fourth-order valence-electron chi connectivity index (χ4n) is 2.45.